The number of hydrogen-bond acceptors (Lipinski definition) is 2. The van der Waals surface area contributed by atoms with Gasteiger partial charge in [-0.15, -0.1) is 0 Å². The molecule has 46 heavy (non-hydrogen) atoms. The molecule has 0 atom stereocenters. The molecule has 0 radical (unpaired) electrons. The van der Waals surface area contributed by atoms with Gasteiger partial charge in [0.15, 0.2) is 11.7 Å². The molecule has 4 heteroatoms. The Labute approximate surface area is 272 Å². The number of anilines is 2. The lowest BCUT2D eigenvalue weighted by atomic mass is 10.1. The van der Waals surface area contributed by atoms with E-state index in [-0.39, 0.29) is 0 Å². The third-order valence-electron chi connectivity index (χ3n) is 7.98. The molecule has 4 nitrogen and oxygen atoms in total. The van der Waals surface area contributed by atoms with Crippen LogP contribution in [0.15, 0.2) is 168 Å². The van der Waals surface area contributed by atoms with E-state index in [4.69, 9.17) is 9.98 Å². The largest absolute Gasteiger partial charge is 0.229 e. The first kappa shape index (κ1) is 30.3. The quantitative estimate of drug-likeness (QED) is 0.108. The van der Waals surface area contributed by atoms with Gasteiger partial charge in [-0.2, -0.15) is 0 Å². The van der Waals surface area contributed by atoms with E-state index >= 15 is 0 Å². The summed E-state index contributed by atoms with van der Waals surface area (Å²) >= 11 is 0. The summed E-state index contributed by atoms with van der Waals surface area (Å²) in [6.07, 6.45) is 0. The van der Waals surface area contributed by atoms with Crippen LogP contribution < -0.4 is 10.0 Å². The van der Waals surface area contributed by atoms with E-state index in [1.807, 2.05) is 24.3 Å². The number of aryl methyl sites for hydroxylation is 4. The standard InChI is InChI=1S/C42H38N4/c1-31-19-17-20-32(2)39(31)43-41(35-23-9-5-10-24-35)45(37-27-13-7-14-28-37)46(38-29-15-8-16-30-38)42(36-25-11-6-12-26-36)44-40-33(3)21-18-22-34(40)4/h5-30H,1-4H3. The first-order valence-electron chi connectivity index (χ1n) is 15.6. The molecule has 0 amide bonds. The number of amidine groups is 2. The smallest absolute Gasteiger partial charge is 0.160 e. The second-order valence-electron chi connectivity index (χ2n) is 11.4. The van der Waals surface area contributed by atoms with Gasteiger partial charge in [0.2, 0.25) is 0 Å². The fourth-order valence-corrected chi connectivity index (χ4v) is 5.62. The molecule has 6 aromatic rings. The van der Waals surface area contributed by atoms with E-state index in [0.717, 1.165) is 67.8 Å². The van der Waals surface area contributed by atoms with E-state index in [1.165, 1.54) is 0 Å². The predicted octanol–water partition coefficient (Wildman–Crippen LogP) is 10.7. The van der Waals surface area contributed by atoms with Crippen LogP contribution in [0.3, 0.4) is 0 Å². The molecule has 0 fully saturated rings. The molecule has 0 heterocycles. The molecule has 0 N–H and O–H groups in total. The molecule has 0 unspecified atom stereocenters. The van der Waals surface area contributed by atoms with Crippen LogP contribution in [0, 0.1) is 27.7 Å². The van der Waals surface area contributed by atoms with Gasteiger partial charge in [-0.3, -0.25) is 0 Å². The van der Waals surface area contributed by atoms with Crippen molar-refractivity contribution < 1.29 is 0 Å². The van der Waals surface area contributed by atoms with Crippen molar-refractivity contribution >= 4 is 34.4 Å². The maximum Gasteiger partial charge on any atom is 0.160 e. The van der Waals surface area contributed by atoms with Gasteiger partial charge in [-0.25, -0.2) is 20.0 Å². The fourth-order valence-electron chi connectivity index (χ4n) is 5.62. The number of aliphatic imine (C=N–C) groups is 2. The van der Waals surface area contributed by atoms with E-state index in [0.29, 0.717) is 0 Å². The molecule has 0 aromatic heterocycles. The highest BCUT2D eigenvalue weighted by Gasteiger charge is 2.29. The van der Waals surface area contributed by atoms with Crippen molar-refractivity contribution in [2.75, 3.05) is 10.0 Å². The number of para-hydroxylation sites is 4. The minimum absolute atomic E-state index is 0.776. The van der Waals surface area contributed by atoms with E-state index in [1.54, 1.807) is 0 Å². The Balaban J connectivity index is 1.74. The third kappa shape index (κ3) is 6.52. The van der Waals surface area contributed by atoms with Crippen molar-refractivity contribution in [3.63, 3.8) is 0 Å². The number of benzene rings is 6. The molecule has 0 saturated carbocycles. The number of nitrogens with zero attached hydrogens (tertiary/aromatic N) is 4. The van der Waals surface area contributed by atoms with Crippen molar-refractivity contribution in [3.8, 4) is 0 Å². The lowest BCUT2D eigenvalue weighted by molar-refractivity contribution is 1.04. The first-order chi connectivity index (χ1) is 22.5. The van der Waals surface area contributed by atoms with E-state index < -0.39 is 0 Å². The molecule has 6 rings (SSSR count). The van der Waals surface area contributed by atoms with Crippen molar-refractivity contribution in [1.29, 1.82) is 0 Å². The Kier molecular flexibility index (Phi) is 9.17. The second-order valence-corrected chi connectivity index (χ2v) is 11.4. The second kappa shape index (κ2) is 13.9. The summed E-state index contributed by atoms with van der Waals surface area (Å²) in [5, 5.41) is 4.41. The van der Waals surface area contributed by atoms with Gasteiger partial charge in [-0.1, -0.05) is 133 Å². The Morgan fingerprint density at radius 3 is 0.935 bits per heavy atom. The van der Waals surface area contributed by atoms with Gasteiger partial charge in [-0.05, 0) is 74.2 Å². The zero-order chi connectivity index (χ0) is 31.9. The van der Waals surface area contributed by atoms with Crippen LogP contribution in [0.5, 0.6) is 0 Å². The minimum atomic E-state index is 0.776. The molecule has 0 bridgehead atoms. The Morgan fingerprint density at radius 1 is 0.348 bits per heavy atom. The third-order valence-corrected chi connectivity index (χ3v) is 7.98. The Bertz CT molecular complexity index is 1780. The highest BCUT2D eigenvalue weighted by Crippen LogP contribution is 2.33. The molecular weight excluding hydrogens is 560 g/mol. The lowest BCUT2D eigenvalue weighted by Gasteiger charge is -2.39. The average Bonchev–Trinajstić information content (AvgIpc) is 3.09. The Morgan fingerprint density at radius 2 is 0.630 bits per heavy atom. The summed E-state index contributed by atoms with van der Waals surface area (Å²) in [6, 6.07) is 54.3. The van der Waals surface area contributed by atoms with E-state index in [9.17, 15) is 0 Å². The van der Waals surface area contributed by atoms with Crippen LogP contribution in [0.2, 0.25) is 0 Å². The van der Waals surface area contributed by atoms with Crippen LogP contribution in [-0.2, 0) is 0 Å². The van der Waals surface area contributed by atoms with Crippen molar-refractivity contribution in [2.45, 2.75) is 27.7 Å². The average molecular weight is 599 g/mol. The van der Waals surface area contributed by atoms with E-state index in [2.05, 4.69) is 171 Å². The summed E-state index contributed by atoms with van der Waals surface area (Å²) < 4.78 is 0. The maximum atomic E-state index is 5.52. The van der Waals surface area contributed by atoms with Crippen LogP contribution in [-0.4, -0.2) is 11.7 Å². The molecule has 0 aliphatic heterocycles. The topological polar surface area (TPSA) is 31.2 Å². The van der Waals surface area contributed by atoms with Gasteiger partial charge in [0.05, 0.1) is 22.7 Å². The first-order valence-corrected chi connectivity index (χ1v) is 15.6. The lowest BCUT2D eigenvalue weighted by Crippen LogP contribution is -2.51. The maximum absolute atomic E-state index is 5.52. The van der Waals surface area contributed by atoms with Crippen molar-refractivity contribution in [1.82, 2.24) is 0 Å². The normalized spacial score (nSPS) is 11.7. The SMILES string of the molecule is Cc1cccc(C)c1N=C(c1ccccc1)N(c1ccccc1)N(C(=Nc1c(C)cccc1C)c1ccccc1)c1ccccc1. The summed E-state index contributed by atoms with van der Waals surface area (Å²) in [5.74, 6) is 1.55. The monoisotopic (exact) mass is 598 g/mol. The zero-order valence-electron chi connectivity index (χ0n) is 26.8. The molecular formula is C42H38N4. The molecule has 6 aromatic carbocycles. The van der Waals surface area contributed by atoms with Crippen LogP contribution in [0.1, 0.15) is 33.4 Å². The van der Waals surface area contributed by atoms with Crippen LogP contribution >= 0.6 is 0 Å². The van der Waals surface area contributed by atoms with Crippen molar-refractivity contribution in [2.24, 2.45) is 9.98 Å². The molecule has 0 saturated heterocycles. The fraction of sp³-hybridized carbons (Fsp3) is 0.0952. The van der Waals surface area contributed by atoms with Gasteiger partial charge in [0, 0.05) is 11.1 Å². The molecule has 226 valence electrons. The summed E-state index contributed by atoms with van der Waals surface area (Å²) in [4.78, 5) is 11.0. The molecule has 0 spiro atoms. The van der Waals surface area contributed by atoms with Crippen molar-refractivity contribution in [3.05, 3.63) is 191 Å². The zero-order valence-corrected chi connectivity index (χ0v) is 26.8. The summed E-state index contributed by atoms with van der Waals surface area (Å²) in [6.45, 7) is 8.48. The van der Waals surface area contributed by atoms with Gasteiger partial charge in [0.25, 0.3) is 0 Å². The number of hydrogen-bond donors (Lipinski definition) is 0. The highest BCUT2D eigenvalue weighted by molar-refractivity contribution is 6.21. The minimum Gasteiger partial charge on any atom is -0.229 e. The predicted molar refractivity (Wildman–Crippen MR) is 195 cm³/mol. The number of rotatable bonds is 6. The molecule has 0 aliphatic rings. The summed E-state index contributed by atoms with van der Waals surface area (Å²) in [5.41, 5.74) is 10.2. The van der Waals surface area contributed by atoms with Crippen LogP contribution in [0.4, 0.5) is 22.7 Å². The van der Waals surface area contributed by atoms with Gasteiger partial charge < -0.3 is 0 Å². The highest BCUT2D eigenvalue weighted by atomic mass is 15.7. The molecule has 0 aliphatic carbocycles. The van der Waals surface area contributed by atoms with Gasteiger partial charge >= 0.3 is 0 Å². The summed E-state index contributed by atoms with van der Waals surface area (Å²) in [7, 11) is 0. The van der Waals surface area contributed by atoms with Crippen LogP contribution in [0.25, 0.3) is 0 Å². The van der Waals surface area contributed by atoms with Gasteiger partial charge in [0.1, 0.15) is 0 Å². The Hall–Kier alpha value is -5.74. The number of hydrazine groups is 1.